The second-order valence-corrected chi connectivity index (χ2v) is 27.5. The number of rotatable bonds is 6. The zero-order chi connectivity index (χ0) is 67.0. The van der Waals surface area contributed by atoms with Crippen LogP contribution in [0.5, 0.6) is 0 Å². The van der Waals surface area contributed by atoms with Crippen molar-refractivity contribution in [1.82, 2.24) is 9.13 Å². The van der Waals surface area contributed by atoms with Gasteiger partial charge in [0.05, 0.1) is 27.8 Å². The van der Waals surface area contributed by atoms with Gasteiger partial charge in [0.15, 0.2) is 0 Å². The summed E-state index contributed by atoms with van der Waals surface area (Å²) < 4.78 is 5.07. The fraction of sp³-hybridized carbons (Fsp3) is 0.0612. The molecule has 0 aliphatic carbocycles. The van der Waals surface area contributed by atoms with Gasteiger partial charge in [-0.1, -0.05) is 279 Å². The first-order chi connectivity index (χ1) is 49.2. The van der Waals surface area contributed by atoms with Crippen LogP contribution in [0.1, 0.15) is 33.4 Å². The normalized spacial score (nSPS) is 11.9. The van der Waals surface area contributed by atoms with Gasteiger partial charge < -0.3 is 9.13 Å². The zero-order valence-corrected chi connectivity index (χ0v) is 56.9. The first-order valence-electron chi connectivity index (χ1n) is 35.1. The first-order valence-corrected chi connectivity index (χ1v) is 35.1. The Morgan fingerprint density at radius 2 is 0.480 bits per heavy atom. The minimum atomic E-state index is 1.22. The third kappa shape index (κ3) is 8.83. The standard InChI is InChI=1S/C50H37N.C48H33N/c1-30-32(3)50(51-43-28-26-34-16-8-10-20-37(34)48(43)49-38-21-11-9-17-35(38)27-29-44(49)51)33(4)31(2)45(30)47-41-24-14-12-22-39(41)46(36-18-6-5-7-19-36)40-23-13-15-25-42(40)47;1-30-29-44(49-42-26-24-32-14-6-8-18-35(32)47(42)48-36-19-9-7-15-33(36)25-27-43(48)49)31(2)28-41(30)46-39-22-12-10-20-37(39)45(34-16-4-3-5-17-34)38-21-11-13-23-40(38)46/h5-29H,1-4H3;3-29H,1-2H3. The summed E-state index contributed by atoms with van der Waals surface area (Å²) in [4.78, 5) is 0. The van der Waals surface area contributed by atoms with Gasteiger partial charge in [0.1, 0.15) is 0 Å². The fourth-order valence-electron chi connectivity index (χ4n) is 17.6. The molecule has 0 spiro atoms. The maximum atomic E-state index is 2.56. The van der Waals surface area contributed by atoms with Crippen LogP contribution in [0.2, 0.25) is 0 Å². The molecule has 18 aromatic carbocycles. The van der Waals surface area contributed by atoms with Gasteiger partial charge in [-0.25, -0.2) is 0 Å². The van der Waals surface area contributed by atoms with Crippen LogP contribution in [0.15, 0.2) is 315 Å². The maximum Gasteiger partial charge on any atom is 0.0548 e. The number of nitrogens with zero attached hydrogens (tertiary/aromatic N) is 2. The minimum Gasteiger partial charge on any atom is -0.309 e. The lowest BCUT2D eigenvalue weighted by molar-refractivity contribution is 1.09. The van der Waals surface area contributed by atoms with Crippen LogP contribution in [-0.2, 0) is 0 Å². The third-order valence-electron chi connectivity index (χ3n) is 22.2. The molecule has 0 fully saturated rings. The SMILES string of the molecule is Cc1c(C)c(-n2c3ccc4ccccc4c3c3c4ccccc4ccc32)c(C)c(C)c1-c1c2ccccc2c(-c2ccccc2)c2ccccc12.Cc1cc(-n2c3ccc4ccccc4c3c3c4ccccc4ccc32)c(C)cc1-c1c2ccccc2c(-c2ccccc2)c2ccccc12. The van der Waals surface area contributed by atoms with Gasteiger partial charge in [0.25, 0.3) is 0 Å². The molecule has 0 saturated carbocycles. The molecule has 2 nitrogen and oxygen atoms in total. The summed E-state index contributed by atoms with van der Waals surface area (Å²) in [6, 6.07) is 116. The Hall–Kier alpha value is -12.4. The van der Waals surface area contributed by atoms with E-state index in [4.69, 9.17) is 0 Å². The molecule has 0 aliphatic rings. The number of hydrogen-bond donors (Lipinski definition) is 0. The highest BCUT2D eigenvalue weighted by atomic mass is 15.0. The maximum absolute atomic E-state index is 2.56. The Balaban J connectivity index is 0.000000139. The van der Waals surface area contributed by atoms with Crippen molar-refractivity contribution in [2.45, 2.75) is 41.5 Å². The minimum absolute atomic E-state index is 1.22. The molecule has 472 valence electrons. The molecular formula is C98H70N2. The highest BCUT2D eigenvalue weighted by molar-refractivity contribution is 6.31. The van der Waals surface area contributed by atoms with Crippen molar-refractivity contribution in [2.24, 2.45) is 0 Å². The van der Waals surface area contributed by atoms with Gasteiger partial charge in [0.2, 0.25) is 0 Å². The second kappa shape index (κ2) is 23.2. The molecule has 0 aliphatic heterocycles. The quantitative estimate of drug-likeness (QED) is 0.147. The Labute approximate surface area is 581 Å². The molecule has 0 saturated heterocycles. The molecule has 2 heterocycles. The Morgan fingerprint density at radius 1 is 0.200 bits per heavy atom. The van der Waals surface area contributed by atoms with E-state index in [1.54, 1.807) is 0 Å². The van der Waals surface area contributed by atoms with E-state index in [-0.39, 0.29) is 0 Å². The van der Waals surface area contributed by atoms with Crippen LogP contribution >= 0.6 is 0 Å². The number of aryl methyl sites for hydroxylation is 2. The first kappa shape index (κ1) is 58.9. The van der Waals surface area contributed by atoms with E-state index < -0.39 is 0 Å². The summed E-state index contributed by atoms with van der Waals surface area (Å²) in [7, 11) is 0. The third-order valence-corrected chi connectivity index (χ3v) is 22.2. The van der Waals surface area contributed by atoms with Crippen LogP contribution in [-0.4, -0.2) is 9.13 Å². The average Bonchev–Trinajstić information content (AvgIpc) is 1.63. The monoisotopic (exact) mass is 1270 g/mol. The lowest BCUT2D eigenvalue weighted by atomic mass is 9.81. The van der Waals surface area contributed by atoms with E-state index >= 15 is 0 Å². The van der Waals surface area contributed by atoms with Crippen LogP contribution in [0.3, 0.4) is 0 Å². The highest BCUT2D eigenvalue weighted by Crippen LogP contribution is 2.51. The topological polar surface area (TPSA) is 9.86 Å². The largest absolute Gasteiger partial charge is 0.309 e. The van der Waals surface area contributed by atoms with E-state index in [1.165, 1.54) is 219 Å². The summed E-state index contributed by atoms with van der Waals surface area (Å²) >= 11 is 0. The van der Waals surface area contributed by atoms with Gasteiger partial charge in [-0.3, -0.25) is 0 Å². The molecule has 0 bridgehead atoms. The predicted octanol–water partition coefficient (Wildman–Crippen LogP) is 27.3. The van der Waals surface area contributed by atoms with E-state index in [2.05, 4.69) is 366 Å². The highest BCUT2D eigenvalue weighted by Gasteiger charge is 2.27. The average molecular weight is 1280 g/mol. The van der Waals surface area contributed by atoms with E-state index in [1.807, 2.05) is 0 Å². The van der Waals surface area contributed by atoms with Crippen molar-refractivity contribution in [3.05, 3.63) is 349 Å². The van der Waals surface area contributed by atoms with Crippen molar-refractivity contribution in [3.63, 3.8) is 0 Å². The van der Waals surface area contributed by atoms with E-state index in [0.29, 0.717) is 0 Å². The van der Waals surface area contributed by atoms with Gasteiger partial charge >= 0.3 is 0 Å². The number of fused-ring (bicyclic) bond motifs is 18. The molecular weight excluding hydrogens is 1210 g/mol. The van der Waals surface area contributed by atoms with Crippen molar-refractivity contribution in [1.29, 1.82) is 0 Å². The number of hydrogen-bond acceptors (Lipinski definition) is 0. The van der Waals surface area contributed by atoms with Gasteiger partial charge in [-0.05, 0) is 242 Å². The Morgan fingerprint density at radius 3 is 0.820 bits per heavy atom. The Kier molecular flexibility index (Phi) is 13.7. The van der Waals surface area contributed by atoms with Crippen LogP contribution in [0, 0.1) is 41.5 Å². The summed E-state index contributed by atoms with van der Waals surface area (Å²) in [5.41, 5.74) is 25.6. The zero-order valence-electron chi connectivity index (χ0n) is 56.9. The molecule has 2 heteroatoms. The fourth-order valence-corrected chi connectivity index (χ4v) is 17.6. The smallest absolute Gasteiger partial charge is 0.0548 e. The van der Waals surface area contributed by atoms with E-state index in [0.717, 1.165) is 0 Å². The van der Waals surface area contributed by atoms with E-state index in [9.17, 15) is 0 Å². The predicted molar refractivity (Wildman–Crippen MR) is 432 cm³/mol. The molecule has 2 aromatic heterocycles. The van der Waals surface area contributed by atoms with Gasteiger partial charge in [0, 0.05) is 27.2 Å². The van der Waals surface area contributed by atoms with Crippen LogP contribution < -0.4 is 0 Å². The summed E-state index contributed by atoms with van der Waals surface area (Å²) in [5.74, 6) is 0. The molecule has 0 atom stereocenters. The number of aromatic nitrogens is 2. The van der Waals surface area contributed by atoms with Crippen molar-refractivity contribution < 1.29 is 0 Å². The van der Waals surface area contributed by atoms with Crippen LogP contribution in [0.25, 0.3) is 186 Å². The molecule has 0 unspecified atom stereocenters. The van der Waals surface area contributed by atoms with Crippen molar-refractivity contribution in [3.8, 4) is 55.9 Å². The Bertz CT molecular complexity index is 6490. The molecule has 0 N–H and O–H groups in total. The summed E-state index contributed by atoms with van der Waals surface area (Å²) in [6.45, 7) is 13.9. The van der Waals surface area contributed by atoms with Gasteiger partial charge in [-0.15, -0.1) is 0 Å². The lowest BCUT2D eigenvalue weighted by Crippen LogP contribution is -2.07. The van der Waals surface area contributed by atoms with Crippen molar-refractivity contribution in [2.75, 3.05) is 0 Å². The molecule has 0 amide bonds. The molecule has 20 rings (SSSR count). The lowest BCUT2D eigenvalue weighted by Gasteiger charge is -2.25. The van der Waals surface area contributed by atoms with Crippen molar-refractivity contribution >= 4 is 130 Å². The summed E-state index contributed by atoms with van der Waals surface area (Å²) in [6.07, 6.45) is 0. The molecule has 0 radical (unpaired) electrons. The summed E-state index contributed by atoms with van der Waals surface area (Å²) in [5, 5.41) is 25.8. The number of benzene rings is 18. The van der Waals surface area contributed by atoms with Crippen LogP contribution in [0.4, 0.5) is 0 Å². The van der Waals surface area contributed by atoms with Gasteiger partial charge in [-0.2, -0.15) is 0 Å². The second-order valence-electron chi connectivity index (χ2n) is 27.5. The molecule has 20 aromatic rings. The molecule has 100 heavy (non-hydrogen) atoms.